The van der Waals surface area contributed by atoms with Crippen LogP contribution in [0.3, 0.4) is 0 Å². The van der Waals surface area contributed by atoms with Gasteiger partial charge in [-0.2, -0.15) is 0 Å². The molecule has 61 heavy (non-hydrogen) atoms. The third-order valence-electron chi connectivity index (χ3n) is 10.3. The Labute approximate surface area is 354 Å². The van der Waals surface area contributed by atoms with Gasteiger partial charge in [0, 0.05) is 33.4 Å². The number of hydrogen-bond donors (Lipinski definition) is 0. The first-order valence-corrected chi connectivity index (χ1v) is 19.4. The molecule has 7 rings (SSSR count). The Kier molecular flexibility index (Phi) is 11.4. The highest BCUT2D eigenvalue weighted by Gasteiger charge is 2.48. The second-order valence-electron chi connectivity index (χ2n) is 15.0. The summed E-state index contributed by atoms with van der Waals surface area (Å²) in [6.07, 6.45) is 0. The van der Waals surface area contributed by atoms with Crippen LogP contribution < -0.4 is 18.9 Å². The molecule has 302 valence electrons. The lowest BCUT2D eigenvalue weighted by Crippen LogP contribution is -2.29. The SMILES string of the molecule is C=C(C)C(=O)Oc1cc(C2(c3cc(OC(=O)C(=C)C)c(OC(=O)C(=C)C)c(-c4ccccc4)c3)c3ccccc3-c3ccccc32)cc(-c2ccccc2)c1OC(=O)C(=C)C. The second kappa shape index (κ2) is 16.8. The Hall–Kier alpha value is -7.84. The van der Waals surface area contributed by atoms with Crippen LogP contribution in [0.5, 0.6) is 23.0 Å². The molecular formula is C53H42O8. The first-order valence-electron chi connectivity index (χ1n) is 19.4. The van der Waals surface area contributed by atoms with Crippen LogP contribution in [-0.2, 0) is 24.6 Å². The van der Waals surface area contributed by atoms with E-state index in [1.54, 1.807) is 12.1 Å². The van der Waals surface area contributed by atoms with Crippen molar-refractivity contribution in [3.05, 3.63) is 204 Å². The number of rotatable bonds is 12. The molecule has 0 saturated heterocycles. The van der Waals surface area contributed by atoms with E-state index in [1.165, 1.54) is 27.7 Å². The molecule has 8 nitrogen and oxygen atoms in total. The molecule has 0 unspecified atom stereocenters. The molecule has 0 spiro atoms. The van der Waals surface area contributed by atoms with Crippen LogP contribution in [0.4, 0.5) is 0 Å². The largest absolute Gasteiger partial charge is 0.419 e. The monoisotopic (exact) mass is 806 g/mol. The van der Waals surface area contributed by atoms with Crippen molar-refractivity contribution < 1.29 is 38.1 Å². The molecule has 0 saturated carbocycles. The highest BCUT2D eigenvalue weighted by atomic mass is 16.6. The number of carbonyl (C=O) groups is 4. The normalized spacial score (nSPS) is 11.9. The maximum absolute atomic E-state index is 13.5. The van der Waals surface area contributed by atoms with Crippen LogP contribution in [0.1, 0.15) is 49.9 Å². The molecule has 0 radical (unpaired) electrons. The fraction of sp³-hybridized carbons (Fsp3) is 0.0943. The first-order chi connectivity index (χ1) is 29.2. The van der Waals surface area contributed by atoms with E-state index >= 15 is 0 Å². The molecular weight excluding hydrogens is 765 g/mol. The highest BCUT2D eigenvalue weighted by Crippen LogP contribution is 2.59. The summed E-state index contributed by atoms with van der Waals surface area (Å²) < 4.78 is 24.3. The minimum Gasteiger partial charge on any atom is -0.419 e. The van der Waals surface area contributed by atoms with Crippen molar-refractivity contribution >= 4 is 23.9 Å². The van der Waals surface area contributed by atoms with Gasteiger partial charge in [-0.3, -0.25) is 0 Å². The number of hydrogen-bond acceptors (Lipinski definition) is 8. The van der Waals surface area contributed by atoms with Gasteiger partial charge in [0.1, 0.15) is 0 Å². The number of ether oxygens (including phenoxy) is 4. The lowest BCUT2D eigenvalue weighted by molar-refractivity contribution is -0.132. The van der Waals surface area contributed by atoms with Gasteiger partial charge in [-0.25, -0.2) is 19.2 Å². The van der Waals surface area contributed by atoms with Gasteiger partial charge < -0.3 is 18.9 Å². The van der Waals surface area contributed by atoms with Crippen molar-refractivity contribution in [2.24, 2.45) is 0 Å². The standard InChI is InChI=1S/C53H42O8/c1-31(2)49(54)58-45-29-37(27-41(35-19-11-9-12-20-35)47(45)60-51(56)33(5)6)53(43-25-17-15-23-39(43)40-24-16-18-26-44(40)53)38-28-42(36-21-13-10-14-22-36)48(61-52(57)34(7)8)46(30-38)59-50(55)32(3)4/h9-30H,1,3,5,7H2,2,4,6,8H3. The van der Waals surface area contributed by atoms with Crippen molar-refractivity contribution in [1.82, 2.24) is 0 Å². The second-order valence-corrected chi connectivity index (χ2v) is 15.0. The number of carbonyl (C=O) groups excluding carboxylic acids is 4. The first kappa shape index (κ1) is 41.3. The van der Waals surface area contributed by atoms with Crippen LogP contribution >= 0.6 is 0 Å². The third kappa shape index (κ3) is 7.75. The van der Waals surface area contributed by atoms with Gasteiger partial charge in [-0.15, -0.1) is 0 Å². The summed E-state index contributed by atoms with van der Waals surface area (Å²) in [6.45, 7) is 21.3. The van der Waals surface area contributed by atoms with Crippen LogP contribution in [0.2, 0.25) is 0 Å². The lowest BCUT2D eigenvalue weighted by Gasteiger charge is -2.35. The van der Waals surface area contributed by atoms with Gasteiger partial charge in [-0.05, 0) is 96.5 Å². The summed E-state index contributed by atoms with van der Waals surface area (Å²) in [7, 11) is 0. The molecule has 1 aliphatic carbocycles. The average molecular weight is 807 g/mol. The Morgan fingerprint density at radius 1 is 0.393 bits per heavy atom. The molecule has 6 aromatic carbocycles. The molecule has 0 aliphatic heterocycles. The predicted molar refractivity (Wildman–Crippen MR) is 236 cm³/mol. The van der Waals surface area contributed by atoms with Gasteiger partial charge in [-0.1, -0.05) is 136 Å². The molecule has 0 heterocycles. The molecule has 1 aliphatic rings. The van der Waals surface area contributed by atoms with E-state index in [0.29, 0.717) is 33.4 Å². The summed E-state index contributed by atoms with van der Waals surface area (Å²) in [5, 5.41) is 0. The maximum atomic E-state index is 13.5. The molecule has 0 fully saturated rings. The molecule has 8 heteroatoms. The molecule has 0 N–H and O–H groups in total. The third-order valence-corrected chi connectivity index (χ3v) is 10.3. The van der Waals surface area contributed by atoms with E-state index in [2.05, 4.69) is 26.3 Å². The van der Waals surface area contributed by atoms with Crippen molar-refractivity contribution in [2.75, 3.05) is 0 Å². The zero-order valence-corrected chi connectivity index (χ0v) is 34.3. The summed E-state index contributed by atoms with van der Waals surface area (Å²) in [4.78, 5) is 53.7. The van der Waals surface area contributed by atoms with Gasteiger partial charge in [0.2, 0.25) is 0 Å². The summed E-state index contributed by atoms with van der Waals surface area (Å²) in [6, 6.07) is 41.6. The smallest absolute Gasteiger partial charge is 0.338 e. The fourth-order valence-corrected chi connectivity index (χ4v) is 7.42. The summed E-state index contributed by atoms with van der Waals surface area (Å²) in [5.74, 6) is -3.04. The minimum absolute atomic E-state index is 0.00428. The van der Waals surface area contributed by atoms with E-state index in [-0.39, 0.29) is 45.3 Å². The van der Waals surface area contributed by atoms with Gasteiger partial charge in [0.15, 0.2) is 23.0 Å². The molecule has 0 atom stereocenters. The Morgan fingerprint density at radius 3 is 1.05 bits per heavy atom. The van der Waals surface area contributed by atoms with Gasteiger partial charge in [0.25, 0.3) is 0 Å². The maximum Gasteiger partial charge on any atom is 0.338 e. The Bertz CT molecular complexity index is 2630. The average Bonchev–Trinajstić information content (AvgIpc) is 3.56. The number of fused-ring (bicyclic) bond motifs is 3. The molecule has 0 bridgehead atoms. The van der Waals surface area contributed by atoms with E-state index in [9.17, 15) is 19.2 Å². The minimum atomic E-state index is -1.28. The van der Waals surface area contributed by atoms with E-state index in [1.807, 2.05) is 121 Å². The van der Waals surface area contributed by atoms with Crippen molar-refractivity contribution in [3.8, 4) is 56.4 Å². The molecule has 0 aromatic heterocycles. The number of esters is 4. The lowest BCUT2D eigenvalue weighted by atomic mass is 9.66. The number of benzene rings is 6. The zero-order chi connectivity index (χ0) is 43.6. The zero-order valence-electron chi connectivity index (χ0n) is 34.3. The van der Waals surface area contributed by atoms with E-state index in [4.69, 9.17) is 18.9 Å². The summed E-state index contributed by atoms with van der Waals surface area (Å²) >= 11 is 0. The van der Waals surface area contributed by atoms with Crippen molar-refractivity contribution in [3.63, 3.8) is 0 Å². The molecule has 0 amide bonds. The van der Waals surface area contributed by atoms with Crippen molar-refractivity contribution in [1.29, 1.82) is 0 Å². The molecule has 6 aromatic rings. The van der Waals surface area contributed by atoms with Crippen LogP contribution in [0, 0.1) is 0 Å². The Morgan fingerprint density at radius 2 is 0.705 bits per heavy atom. The van der Waals surface area contributed by atoms with Gasteiger partial charge >= 0.3 is 23.9 Å². The summed E-state index contributed by atoms with van der Waals surface area (Å²) in [5.41, 5.74) is 6.07. The van der Waals surface area contributed by atoms with Gasteiger partial charge in [0.05, 0.1) is 5.41 Å². The van der Waals surface area contributed by atoms with Crippen LogP contribution in [-0.4, -0.2) is 23.9 Å². The Balaban J connectivity index is 1.69. The van der Waals surface area contributed by atoms with E-state index < -0.39 is 29.3 Å². The predicted octanol–water partition coefficient (Wildman–Crippen LogP) is 11.3. The van der Waals surface area contributed by atoms with Crippen molar-refractivity contribution in [2.45, 2.75) is 33.1 Å². The highest BCUT2D eigenvalue weighted by molar-refractivity contribution is 5.96. The van der Waals surface area contributed by atoms with E-state index in [0.717, 1.165) is 22.3 Å². The fourth-order valence-electron chi connectivity index (χ4n) is 7.42. The quantitative estimate of drug-likeness (QED) is 0.0683. The van der Waals surface area contributed by atoms with Crippen LogP contribution in [0.15, 0.2) is 182 Å². The van der Waals surface area contributed by atoms with Crippen LogP contribution in [0.25, 0.3) is 33.4 Å². The topological polar surface area (TPSA) is 105 Å².